The summed E-state index contributed by atoms with van der Waals surface area (Å²) in [4.78, 5) is 12.0. The van der Waals surface area contributed by atoms with Gasteiger partial charge in [-0.3, -0.25) is 4.79 Å². The van der Waals surface area contributed by atoms with Crippen LogP contribution in [0.15, 0.2) is 11.6 Å². The van der Waals surface area contributed by atoms with Crippen LogP contribution in [0.4, 0.5) is 0 Å². The summed E-state index contributed by atoms with van der Waals surface area (Å²) in [6, 6.07) is 0. The summed E-state index contributed by atoms with van der Waals surface area (Å²) in [5, 5.41) is 0. The first-order valence-electron chi connectivity index (χ1n) is 17.2. The molecule has 0 saturated carbocycles. The number of rotatable bonds is 28. The molecule has 0 rings (SSSR count). The van der Waals surface area contributed by atoms with E-state index in [0.717, 1.165) is 37.0 Å². The van der Waals surface area contributed by atoms with E-state index in [9.17, 15) is 4.79 Å². The van der Waals surface area contributed by atoms with E-state index in [4.69, 9.17) is 4.74 Å². The zero-order chi connectivity index (χ0) is 28.3. The molecule has 38 heavy (non-hydrogen) atoms. The van der Waals surface area contributed by atoms with Gasteiger partial charge in [0, 0.05) is 6.42 Å². The van der Waals surface area contributed by atoms with Crippen molar-refractivity contribution in [1.29, 1.82) is 0 Å². The first-order valence-corrected chi connectivity index (χ1v) is 17.2. The molecule has 0 radical (unpaired) electrons. The highest BCUT2D eigenvalue weighted by atomic mass is 16.5. The fourth-order valence-corrected chi connectivity index (χ4v) is 5.45. The number of esters is 1. The lowest BCUT2D eigenvalue weighted by Gasteiger charge is -2.15. The number of carbonyl (C=O) groups excluding carboxylic acids is 1. The predicted octanol–water partition coefficient (Wildman–Crippen LogP) is 12.4. The van der Waals surface area contributed by atoms with E-state index in [-0.39, 0.29) is 5.97 Å². The van der Waals surface area contributed by atoms with Gasteiger partial charge in [-0.2, -0.15) is 0 Å². The third-order valence-electron chi connectivity index (χ3n) is 8.30. The van der Waals surface area contributed by atoms with Gasteiger partial charge in [-0.25, -0.2) is 0 Å². The molecule has 0 aromatic heterocycles. The molecule has 0 N–H and O–H groups in total. The first-order chi connectivity index (χ1) is 18.3. The first kappa shape index (κ1) is 37.2. The number of unbranched alkanes of at least 4 members (excludes halogenated alkanes) is 12. The van der Waals surface area contributed by atoms with Gasteiger partial charge in [0.25, 0.3) is 0 Å². The van der Waals surface area contributed by atoms with Crippen molar-refractivity contribution in [3.05, 3.63) is 11.6 Å². The maximum atomic E-state index is 12.0. The summed E-state index contributed by atoms with van der Waals surface area (Å²) in [6.07, 6.45) is 32.0. The highest BCUT2D eigenvalue weighted by Crippen LogP contribution is 2.22. The van der Waals surface area contributed by atoms with Gasteiger partial charge in [-0.1, -0.05) is 162 Å². The van der Waals surface area contributed by atoms with Crippen LogP contribution in [-0.2, 0) is 9.53 Å². The average molecular weight is 535 g/mol. The van der Waals surface area contributed by atoms with Crippen molar-refractivity contribution in [2.24, 2.45) is 17.8 Å². The van der Waals surface area contributed by atoms with Crippen molar-refractivity contribution in [2.45, 2.75) is 189 Å². The van der Waals surface area contributed by atoms with Crippen molar-refractivity contribution in [2.75, 3.05) is 6.61 Å². The summed E-state index contributed by atoms with van der Waals surface area (Å²) < 4.78 is 5.45. The van der Waals surface area contributed by atoms with Crippen LogP contribution in [-0.4, -0.2) is 12.6 Å². The van der Waals surface area contributed by atoms with E-state index in [1.54, 1.807) is 0 Å². The van der Waals surface area contributed by atoms with Gasteiger partial charge in [0.15, 0.2) is 0 Å². The fraction of sp³-hybridized carbons (Fsp3) is 0.917. The number of ether oxygens (including phenoxy) is 1. The predicted molar refractivity (Wildman–Crippen MR) is 170 cm³/mol. The minimum atomic E-state index is -0.0239. The summed E-state index contributed by atoms with van der Waals surface area (Å²) >= 11 is 0. The Morgan fingerprint density at radius 3 is 1.53 bits per heavy atom. The van der Waals surface area contributed by atoms with Crippen LogP contribution in [0.3, 0.4) is 0 Å². The smallest absolute Gasteiger partial charge is 0.306 e. The van der Waals surface area contributed by atoms with Gasteiger partial charge in [0.05, 0.1) is 0 Å². The molecule has 0 spiro atoms. The molecule has 2 nitrogen and oxygen atoms in total. The average Bonchev–Trinajstić information content (AvgIpc) is 2.86. The van der Waals surface area contributed by atoms with E-state index in [1.807, 2.05) is 0 Å². The summed E-state index contributed by atoms with van der Waals surface area (Å²) in [6.45, 7) is 14.4. The molecule has 226 valence electrons. The zero-order valence-corrected chi connectivity index (χ0v) is 27.1. The lowest BCUT2D eigenvalue weighted by molar-refractivity contribution is -0.142. The number of carbonyl (C=O) groups is 1. The van der Waals surface area contributed by atoms with Crippen LogP contribution >= 0.6 is 0 Å². The monoisotopic (exact) mass is 535 g/mol. The van der Waals surface area contributed by atoms with Crippen LogP contribution < -0.4 is 0 Å². The van der Waals surface area contributed by atoms with Crippen molar-refractivity contribution < 1.29 is 9.53 Å². The fourth-order valence-electron chi connectivity index (χ4n) is 5.45. The van der Waals surface area contributed by atoms with Crippen molar-refractivity contribution in [3.63, 3.8) is 0 Å². The molecule has 0 aliphatic heterocycles. The number of allylic oxidation sites excluding steroid dienone is 1. The van der Waals surface area contributed by atoms with Crippen LogP contribution in [0, 0.1) is 17.8 Å². The lowest BCUT2D eigenvalue weighted by atomic mass is 9.91. The third-order valence-corrected chi connectivity index (χ3v) is 8.30. The molecule has 2 atom stereocenters. The summed E-state index contributed by atoms with van der Waals surface area (Å²) in [5.74, 6) is 2.53. The van der Waals surface area contributed by atoms with Gasteiger partial charge in [-0.05, 0) is 50.0 Å². The second-order valence-electron chi connectivity index (χ2n) is 13.1. The van der Waals surface area contributed by atoms with Gasteiger partial charge < -0.3 is 4.74 Å². The van der Waals surface area contributed by atoms with Crippen molar-refractivity contribution in [3.8, 4) is 0 Å². The maximum Gasteiger partial charge on any atom is 0.306 e. The normalized spacial score (nSPS) is 13.7. The van der Waals surface area contributed by atoms with Gasteiger partial charge in [0.1, 0.15) is 6.61 Å². The van der Waals surface area contributed by atoms with E-state index in [0.29, 0.717) is 13.0 Å². The minimum absolute atomic E-state index is 0.0239. The summed E-state index contributed by atoms with van der Waals surface area (Å²) in [5.41, 5.74) is 1.37. The molecule has 0 aromatic rings. The SMILES string of the molecule is CCCCCCCCCCCCCCCC(=O)OC/C=C(\C)CCCC(C)CCCC(C)CCCC(C)C. The van der Waals surface area contributed by atoms with Gasteiger partial charge >= 0.3 is 5.97 Å². The molecule has 0 amide bonds. The van der Waals surface area contributed by atoms with Crippen molar-refractivity contribution >= 4 is 5.97 Å². The van der Waals surface area contributed by atoms with Crippen molar-refractivity contribution in [1.82, 2.24) is 0 Å². The molecule has 0 heterocycles. The molecule has 0 aromatic carbocycles. The maximum absolute atomic E-state index is 12.0. The van der Waals surface area contributed by atoms with Gasteiger partial charge in [0.2, 0.25) is 0 Å². The van der Waals surface area contributed by atoms with Crippen LogP contribution in [0.1, 0.15) is 189 Å². The highest BCUT2D eigenvalue weighted by Gasteiger charge is 2.07. The molecule has 2 heteroatoms. The summed E-state index contributed by atoms with van der Waals surface area (Å²) in [7, 11) is 0. The number of hydrogen-bond donors (Lipinski definition) is 0. The van der Waals surface area contributed by atoms with E-state index < -0.39 is 0 Å². The molecule has 2 unspecified atom stereocenters. The van der Waals surface area contributed by atoms with E-state index >= 15 is 0 Å². The molecule has 0 aliphatic rings. The second-order valence-corrected chi connectivity index (χ2v) is 13.1. The van der Waals surface area contributed by atoms with Gasteiger partial charge in [-0.15, -0.1) is 0 Å². The Hall–Kier alpha value is -0.790. The molecule has 0 fully saturated rings. The van der Waals surface area contributed by atoms with E-state index in [1.165, 1.54) is 128 Å². The Kier molecular flexibility index (Phi) is 27.2. The Morgan fingerprint density at radius 1 is 0.579 bits per heavy atom. The second kappa shape index (κ2) is 27.8. The topological polar surface area (TPSA) is 26.3 Å². The molecule has 0 saturated heterocycles. The molecular formula is C36H70O2. The Balaban J connectivity index is 3.55. The quantitative estimate of drug-likeness (QED) is 0.0566. The van der Waals surface area contributed by atoms with E-state index in [2.05, 4.69) is 47.6 Å². The Morgan fingerprint density at radius 2 is 1.03 bits per heavy atom. The lowest BCUT2D eigenvalue weighted by Crippen LogP contribution is -2.04. The van der Waals surface area contributed by atoms with Crippen LogP contribution in [0.2, 0.25) is 0 Å². The standard InChI is InChI=1S/C36H70O2/c1-7-8-9-10-11-12-13-14-15-16-17-18-19-29-36(37)38-31-30-35(6)28-22-27-34(5)26-21-25-33(4)24-20-23-32(2)3/h30,32-34H,7-29,31H2,1-6H3/b35-30+. The Labute approximate surface area is 240 Å². The largest absolute Gasteiger partial charge is 0.461 e. The minimum Gasteiger partial charge on any atom is -0.461 e. The number of hydrogen-bond acceptors (Lipinski definition) is 2. The van der Waals surface area contributed by atoms with Crippen LogP contribution in [0.25, 0.3) is 0 Å². The molecular weight excluding hydrogens is 464 g/mol. The molecule has 0 aliphatic carbocycles. The Bertz CT molecular complexity index is 535. The third kappa shape index (κ3) is 28.2. The highest BCUT2D eigenvalue weighted by molar-refractivity contribution is 5.69. The van der Waals surface area contributed by atoms with Crippen LogP contribution in [0.5, 0.6) is 0 Å². The zero-order valence-electron chi connectivity index (χ0n) is 27.1. The molecule has 0 bridgehead atoms.